The number of hydrogen-bond acceptors (Lipinski definition) is 9. The number of nitrogens with one attached hydrogen (secondary N) is 2. The van der Waals surface area contributed by atoms with E-state index in [0.717, 1.165) is 36.8 Å². The lowest BCUT2D eigenvalue weighted by molar-refractivity contribution is -0.138. The van der Waals surface area contributed by atoms with Crippen LogP contribution in [0.3, 0.4) is 0 Å². The Morgan fingerprint density at radius 3 is 2.34 bits per heavy atom. The Bertz CT molecular complexity index is 1780. The highest BCUT2D eigenvalue weighted by atomic mass is 28.4. The minimum absolute atomic E-state index is 0.0798. The number of rotatable bonds is 11. The van der Waals surface area contributed by atoms with Gasteiger partial charge in [0.1, 0.15) is 6.33 Å². The normalized spacial score (nSPS) is 14.8. The Balaban J connectivity index is 1.21. The molecule has 1 aliphatic heterocycles. The maximum absolute atomic E-state index is 14.3. The van der Waals surface area contributed by atoms with Crippen molar-refractivity contribution < 1.29 is 22.4 Å². The van der Waals surface area contributed by atoms with Gasteiger partial charge in [0.15, 0.2) is 8.32 Å². The molecule has 14 heteroatoms. The summed E-state index contributed by atoms with van der Waals surface area (Å²) in [5.41, 5.74) is 2.49. The SMILES string of the molecule is Cc1ccc(NC(=O)c2ccc(CN3CCN(CCO[Si](C)(C)C(C)(C)C)CC3)c(C(F)(F)F)c2)cc1Nc1nccc(-c2cncnc2)n1. The fourth-order valence-corrected chi connectivity index (χ4v) is 6.38. The van der Waals surface area contributed by atoms with Crippen molar-refractivity contribution in [1.82, 2.24) is 29.7 Å². The van der Waals surface area contributed by atoms with Crippen molar-refractivity contribution in [3.05, 3.63) is 89.6 Å². The van der Waals surface area contributed by atoms with Gasteiger partial charge >= 0.3 is 6.18 Å². The van der Waals surface area contributed by atoms with Crippen molar-refractivity contribution in [2.24, 2.45) is 0 Å². The van der Waals surface area contributed by atoms with Crippen molar-refractivity contribution in [1.29, 1.82) is 0 Å². The van der Waals surface area contributed by atoms with Crippen LogP contribution in [0.5, 0.6) is 0 Å². The molecule has 0 spiro atoms. The summed E-state index contributed by atoms with van der Waals surface area (Å²) < 4.78 is 49.2. The van der Waals surface area contributed by atoms with Crippen molar-refractivity contribution in [3.63, 3.8) is 0 Å². The van der Waals surface area contributed by atoms with Gasteiger partial charge in [0.25, 0.3) is 5.91 Å². The Morgan fingerprint density at radius 2 is 1.66 bits per heavy atom. The second-order valence-electron chi connectivity index (χ2n) is 14.1. The van der Waals surface area contributed by atoms with E-state index in [2.05, 4.69) is 69.3 Å². The van der Waals surface area contributed by atoms with Gasteiger partial charge in [0, 0.05) is 87.0 Å². The summed E-state index contributed by atoms with van der Waals surface area (Å²) in [7, 11) is -1.83. The molecule has 10 nitrogen and oxygen atoms in total. The first-order chi connectivity index (χ1) is 23.6. The number of aryl methyl sites for hydroxylation is 1. The zero-order valence-electron chi connectivity index (χ0n) is 29.4. The van der Waals surface area contributed by atoms with Gasteiger partial charge < -0.3 is 15.1 Å². The number of amides is 1. The van der Waals surface area contributed by atoms with Gasteiger partial charge in [-0.05, 0) is 66.5 Å². The number of piperazine rings is 1. The molecule has 50 heavy (non-hydrogen) atoms. The predicted octanol–water partition coefficient (Wildman–Crippen LogP) is 7.40. The fourth-order valence-electron chi connectivity index (χ4n) is 5.35. The van der Waals surface area contributed by atoms with Crippen LogP contribution in [0.2, 0.25) is 18.1 Å². The minimum atomic E-state index is -4.62. The third-order valence-corrected chi connectivity index (χ3v) is 14.0. The molecular weight excluding hydrogens is 662 g/mol. The summed E-state index contributed by atoms with van der Waals surface area (Å²) in [6.45, 7) is 17.4. The van der Waals surface area contributed by atoms with Gasteiger partial charge in [0.05, 0.1) is 11.3 Å². The molecule has 1 fully saturated rings. The van der Waals surface area contributed by atoms with E-state index in [1.807, 2.05) is 11.8 Å². The van der Waals surface area contributed by atoms with Crippen LogP contribution < -0.4 is 10.6 Å². The van der Waals surface area contributed by atoms with E-state index in [1.165, 1.54) is 18.5 Å². The summed E-state index contributed by atoms with van der Waals surface area (Å²) in [6, 6.07) is 10.7. The van der Waals surface area contributed by atoms with Crippen molar-refractivity contribution in [2.45, 2.75) is 58.5 Å². The Morgan fingerprint density at radius 1 is 0.960 bits per heavy atom. The van der Waals surface area contributed by atoms with Gasteiger partial charge in [-0.25, -0.2) is 19.9 Å². The number of alkyl halides is 3. The maximum Gasteiger partial charge on any atom is 0.416 e. The molecule has 0 atom stereocenters. The molecule has 2 aromatic heterocycles. The molecule has 3 heterocycles. The molecule has 266 valence electrons. The molecule has 2 N–H and O–H groups in total. The molecule has 1 aliphatic rings. The highest BCUT2D eigenvalue weighted by Gasteiger charge is 2.37. The third-order valence-electron chi connectivity index (χ3n) is 9.47. The van der Waals surface area contributed by atoms with Crippen LogP contribution >= 0.6 is 0 Å². The molecule has 2 aromatic carbocycles. The van der Waals surface area contributed by atoms with Crippen molar-refractivity contribution in [3.8, 4) is 11.3 Å². The van der Waals surface area contributed by atoms with E-state index in [0.29, 0.717) is 42.7 Å². The number of aromatic nitrogens is 4. The average Bonchev–Trinajstić information content (AvgIpc) is 3.06. The van der Waals surface area contributed by atoms with Gasteiger partial charge in [-0.2, -0.15) is 13.2 Å². The topological polar surface area (TPSA) is 108 Å². The van der Waals surface area contributed by atoms with Crippen molar-refractivity contribution in [2.75, 3.05) is 50.0 Å². The Labute approximate surface area is 292 Å². The van der Waals surface area contributed by atoms with E-state index in [9.17, 15) is 18.0 Å². The van der Waals surface area contributed by atoms with E-state index >= 15 is 0 Å². The van der Waals surface area contributed by atoms with Crippen LogP contribution in [-0.4, -0.2) is 83.3 Å². The van der Waals surface area contributed by atoms with Crippen molar-refractivity contribution >= 4 is 31.5 Å². The minimum Gasteiger partial charge on any atom is -0.416 e. The largest absolute Gasteiger partial charge is 0.416 e. The smallest absolute Gasteiger partial charge is 0.416 e. The molecule has 1 amide bonds. The lowest BCUT2D eigenvalue weighted by Gasteiger charge is -2.38. The number of halogens is 3. The molecule has 0 unspecified atom stereocenters. The summed E-state index contributed by atoms with van der Waals surface area (Å²) in [4.78, 5) is 34.4. The third kappa shape index (κ3) is 9.50. The second kappa shape index (κ2) is 15.3. The molecule has 0 radical (unpaired) electrons. The van der Waals surface area contributed by atoms with Crippen LogP contribution in [-0.2, 0) is 17.1 Å². The first-order valence-corrected chi connectivity index (χ1v) is 19.6. The average molecular weight is 707 g/mol. The van der Waals surface area contributed by atoms with E-state index in [4.69, 9.17) is 4.43 Å². The Kier molecular flexibility index (Phi) is 11.4. The number of carbonyl (C=O) groups is 1. The zero-order valence-corrected chi connectivity index (χ0v) is 30.4. The van der Waals surface area contributed by atoms with Crippen LogP contribution in [0.1, 0.15) is 47.8 Å². The molecule has 0 saturated carbocycles. The van der Waals surface area contributed by atoms with Gasteiger partial charge in [-0.1, -0.05) is 32.9 Å². The summed E-state index contributed by atoms with van der Waals surface area (Å²) >= 11 is 0. The van der Waals surface area contributed by atoms with Gasteiger partial charge in [-0.3, -0.25) is 14.6 Å². The molecule has 5 rings (SSSR count). The lowest BCUT2D eigenvalue weighted by Crippen LogP contribution is -2.48. The van der Waals surface area contributed by atoms with Crippen LogP contribution in [0.25, 0.3) is 11.3 Å². The molecule has 0 bridgehead atoms. The monoisotopic (exact) mass is 706 g/mol. The molecule has 4 aromatic rings. The first kappa shape index (κ1) is 37.0. The second-order valence-corrected chi connectivity index (χ2v) is 18.9. The van der Waals surface area contributed by atoms with E-state index in [1.54, 1.807) is 42.9 Å². The summed E-state index contributed by atoms with van der Waals surface area (Å²) in [5.74, 6) is -0.326. The first-order valence-electron chi connectivity index (χ1n) is 16.7. The fraction of sp³-hybridized carbons (Fsp3) is 0.417. The predicted molar refractivity (Wildman–Crippen MR) is 192 cm³/mol. The van der Waals surface area contributed by atoms with Gasteiger partial charge in [-0.15, -0.1) is 0 Å². The van der Waals surface area contributed by atoms with Gasteiger partial charge in [0.2, 0.25) is 5.95 Å². The van der Waals surface area contributed by atoms with E-state index in [-0.39, 0.29) is 22.7 Å². The summed E-state index contributed by atoms with van der Waals surface area (Å²) in [5, 5.41) is 6.04. The Hall–Kier alpha value is -4.24. The number of hydrogen-bond donors (Lipinski definition) is 2. The van der Waals surface area contributed by atoms with Crippen LogP contribution in [0, 0.1) is 6.92 Å². The highest BCUT2D eigenvalue weighted by Crippen LogP contribution is 2.37. The van der Waals surface area contributed by atoms with Crippen LogP contribution in [0.15, 0.2) is 67.4 Å². The summed E-state index contributed by atoms with van der Waals surface area (Å²) in [6.07, 6.45) is 1.71. The molecule has 1 saturated heterocycles. The number of carbonyl (C=O) groups excluding carboxylic acids is 1. The quantitative estimate of drug-likeness (QED) is 0.154. The number of benzene rings is 2. The molecular formula is C36H45F3N8O2Si. The van der Waals surface area contributed by atoms with E-state index < -0.39 is 26.0 Å². The van der Waals surface area contributed by atoms with Crippen LogP contribution in [0.4, 0.5) is 30.5 Å². The highest BCUT2D eigenvalue weighted by molar-refractivity contribution is 6.74. The molecule has 0 aliphatic carbocycles. The lowest BCUT2D eigenvalue weighted by atomic mass is 10.0. The number of anilines is 3. The maximum atomic E-state index is 14.3. The standard InChI is InChI=1S/C36H45F3N8O2Si/c1-25-7-10-29(20-32(25)45-34-42-12-11-31(44-34)28-21-40-24-41-22-28)43-33(48)26-8-9-27(30(19-26)36(37,38)39)23-47-15-13-46(14-16-47)17-18-49-50(5,6)35(2,3)4/h7-12,19-22,24H,13-18,23H2,1-6H3,(H,43,48)(H,42,44,45). The number of nitrogens with zero attached hydrogens (tertiary/aromatic N) is 6. The zero-order chi connectivity index (χ0) is 36.1.